The largest absolute Gasteiger partial charge is 0.508 e. The summed E-state index contributed by atoms with van der Waals surface area (Å²) in [5.74, 6) is 1.78. The Kier molecular flexibility index (Phi) is 8.06. The van der Waals surface area contributed by atoms with Gasteiger partial charge in [-0.1, -0.05) is 11.6 Å². The molecule has 0 aliphatic carbocycles. The molecule has 0 amide bonds. The molecule has 2 aliphatic rings. The van der Waals surface area contributed by atoms with E-state index < -0.39 is 11.7 Å². The zero-order chi connectivity index (χ0) is 27.6. The maximum Gasteiger partial charge on any atom is 0.417 e. The molecule has 3 heterocycles. The van der Waals surface area contributed by atoms with Crippen molar-refractivity contribution in [3.63, 3.8) is 0 Å². The van der Waals surface area contributed by atoms with Crippen LogP contribution in [0, 0.1) is 0 Å². The average Bonchev–Trinajstić information content (AvgIpc) is 3.34. The van der Waals surface area contributed by atoms with Gasteiger partial charge < -0.3 is 24.1 Å². The van der Waals surface area contributed by atoms with E-state index in [0.717, 1.165) is 30.7 Å². The number of halogens is 4. The number of hydrogen-bond acceptors (Lipinski definition) is 7. The van der Waals surface area contributed by atoms with E-state index in [1.54, 1.807) is 37.4 Å². The van der Waals surface area contributed by atoms with E-state index in [9.17, 15) is 18.3 Å². The van der Waals surface area contributed by atoms with Gasteiger partial charge in [-0.05, 0) is 49.2 Å². The molecule has 7 nitrogen and oxygen atoms in total. The second kappa shape index (κ2) is 11.5. The summed E-state index contributed by atoms with van der Waals surface area (Å²) in [5.41, 5.74) is 1.23. The van der Waals surface area contributed by atoms with Crippen LogP contribution in [0.15, 0.2) is 42.6 Å². The molecule has 0 bridgehead atoms. The second-order valence-corrected chi connectivity index (χ2v) is 9.92. The van der Waals surface area contributed by atoms with Crippen LogP contribution in [0.3, 0.4) is 0 Å². The zero-order valence-corrected chi connectivity index (χ0v) is 22.0. The Labute approximate surface area is 229 Å². The van der Waals surface area contributed by atoms with Gasteiger partial charge in [0.1, 0.15) is 24.7 Å². The molecular weight excluding hydrogens is 537 g/mol. The SMILES string of the molecule is COc1ccc(O)c(CN2CCOc3c(cc(-c4ncc(C(F)(F)F)cc4Cl)cc3OC[C@@H]3CCCO3)C2)c1. The smallest absolute Gasteiger partial charge is 0.417 e. The Hall–Kier alpha value is -3.21. The molecule has 11 heteroatoms. The molecule has 1 atom stereocenters. The van der Waals surface area contributed by atoms with E-state index in [0.29, 0.717) is 67.8 Å². The van der Waals surface area contributed by atoms with E-state index in [2.05, 4.69) is 9.88 Å². The fourth-order valence-electron chi connectivity index (χ4n) is 4.74. The van der Waals surface area contributed by atoms with Gasteiger partial charge in [-0.15, -0.1) is 0 Å². The molecule has 3 aromatic rings. The van der Waals surface area contributed by atoms with Crippen LogP contribution in [0.1, 0.15) is 29.5 Å². The molecule has 1 N–H and O–H groups in total. The fraction of sp³-hybridized carbons (Fsp3) is 0.393. The summed E-state index contributed by atoms with van der Waals surface area (Å²) in [7, 11) is 1.56. The first-order valence-electron chi connectivity index (χ1n) is 12.6. The van der Waals surface area contributed by atoms with Crippen molar-refractivity contribution >= 4 is 11.6 Å². The van der Waals surface area contributed by atoms with E-state index in [-0.39, 0.29) is 22.6 Å². The molecule has 0 unspecified atom stereocenters. The standard InChI is InChI=1S/C28H28ClF3N2O5/c1-36-21-4-5-24(35)18(10-21)14-34-6-8-38-27-19(15-34)9-17(11-25(27)39-16-22-3-2-7-37-22)26-23(29)12-20(13-33-26)28(30,31)32/h4-5,9-13,22,35H,2-3,6-8,14-16H2,1H3/t22-/m0/s1. The van der Waals surface area contributed by atoms with E-state index >= 15 is 0 Å². The predicted octanol–water partition coefficient (Wildman–Crippen LogP) is 6.09. The highest BCUT2D eigenvalue weighted by Crippen LogP contribution is 2.41. The summed E-state index contributed by atoms with van der Waals surface area (Å²) in [4.78, 5) is 6.14. The first-order valence-corrected chi connectivity index (χ1v) is 12.9. The lowest BCUT2D eigenvalue weighted by Crippen LogP contribution is -2.25. The van der Waals surface area contributed by atoms with Gasteiger partial charge in [0, 0.05) is 49.1 Å². The van der Waals surface area contributed by atoms with Gasteiger partial charge in [-0.3, -0.25) is 9.88 Å². The summed E-state index contributed by atoms with van der Waals surface area (Å²) in [6.07, 6.45) is -1.99. The summed E-state index contributed by atoms with van der Waals surface area (Å²) in [6, 6.07) is 9.42. The maximum absolute atomic E-state index is 13.2. The lowest BCUT2D eigenvalue weighted by Gasteiger charge is -2.21. The molecular formula is C28H28ClF3N2O5. The van der Waals surface area contributed by atoms with Crippen LogP contribution in [0.25, 0.3) is 11.3 Å². The number of phenols is 1. The Morgan fingerprint density at radius 3 is 2.74 bits per heavy atom. The van der Waals surface area contributed by atoms with Crippen molar-refractivity contribution in [3.05, 3.63) is 64.3 Å². The van der Waals surface area contributed by atoms with Gasteiger partial charge in [-0.25, -0.2) is 0 Å². The van der Waals surface area contributed by atoms with Crippen molar-refractivity contribution in [2.75, 3.05) is 33.5 Å². The van der Waals surface area contributed by atoms with Crippen molar-refractivity contribution in [3.8, 4) is 34.3 Å². The van der Waals surface area contributed by atoms with Gasteiger partial charge >= 0.3 is 6.18 Å². The normalized spacial score (nSPS) is 17.8. The number of aromatic hydroxyl groups is 1. The highest BCUT2D eigenvalue weighted by Gasteiger charge is 2.32. The third-order valence-electron chi connectivity index (χ3n) is 6.75. The summed E-state index contributed by atoms with van der Waals surface area (Å²) in [5, 5.41) is 10.3. The third kappa shape index (κ3) is 6.34. The Bertz CT molecular complexity index is 1330. The molecule has 0 saturated carbocycles. The third-order valence-corrected chi connectivity index (χ3v) is 7.04. The predicted molar refractivity (Wildman–Crippen MR) is 138 cm³/mol. The van der Waals surface area contributed by atoms with Crippen LogP contribution >= 0.6 is 11.6 Å². The van der Waals surface area contributed by atoms with Crippen LogP contribution in [-0.2, 0) is 24.0 Å². The number of alkyl halides is 3. The van der Waals surface area contributed by atoms with Crippen LogP contribution in [-0.4, -0.2) is 54.6 Å². The van der Waals surface area contributed by atoms with Crippen molar-refractivity contribution in [1.82, 2.24) is 9.88 Å². The number of ether oxygens (including phenoxy) is 4. The Morgan fingerprint density at radius 2 is 2.03 bits per heavy atom. The minimum absolute atomic E-state index is 0.0459. The summed E-state index contributed by atoms with van der Waals surface area (Å²) in [6.45, 7) is 2.77. The van der Waals surface area contributed by atoms with Gasteiger partial charge in [0.05, 0.1) is 29.5 Å². The molecule has 2 aliphatic heterocycles. The highest BCUT2D eigenvalue weighted by molar-refractivity contribution is 6.33. The van der Waals surface area contributed by atoms with Gasteiger partial charge in [0.25, 0.3) is 0 Å². The van der Waals surface area contributed by atoms with Gasteiger partial charge in [-0.2, -0.15) is 13.2 Å². The number of methoxy groups -OCH3 is 1. The molecule has 1 aromatic heterocycles. The van der Waals surface area contributed by atoms with Crippen LogP contribution in [0.5, 0.6) is 23.0 Å². The second-order valence-electron chi connectivity index (χ2n) is 9.51. The Morgan fingerprint density at radius 1 is 1.18 bits per heavy atom. The number of pyridine rings is 1. The minimum Gasteiger partial charge on any atom is -0.508 e. The van der Waals surface area contributed by atoms with Crippen LogP contribution < -0.4 is 14.2 Å². The first-order chi connectivity index (χ1) is 18.7. The van der Waals surface area contributed by atoms with E-state index in [1.165, 1.54) is 0 Å². The number of benzene rings is 2. The molecule has 39 heavy (non-hydrogen) atoms. The number of fused-ring (bicyclic) bond motifs is 1. The summed E-state index contributed by atoms with van der Waals surface area (Å²) < 4.78 is 62.9. The molecule has 1 saturated heterocycles. The molecule has 5 rings (SSSR count). The topological polar surface area (TPSA) is 73.3 Å². The van der Waals surface area contributed by atoms with Crippen LogP contribution in [0.4, 0.5) is 13.2 Å². The van der Waals surface area contributed by atoms with Crippen molar-refractivity contribution in [2.24, 2.45) is 0 Å². The van der Waals surface area contributed by atoms with Crippen molar-refractivity contribution in [1.29, 1.82) is 0 Å². The number of aromatic nitrogens is 1. The molecule has 0 spiro atoms. The number of hydrogen-bond donors (Lipinski definition) is 1. The summed E-state index contributed by atoms with van der Waals surface area (Å²) >= 11 is 6.30. The highest BCUT2D eigenvalue weighted by atomic mass is 35.5. The molecule has 208 valence electrons. The lowest BCUT2D eigenvalue weighted by molar-refractivity contribution is -0.137. The number of nitrogens with zero attached hydrogens (tertiary/aromatic N) is 2. The minimum atomic E-state index is -4.56. The maximum atomic E-state index is 13.2. The molecule has 2 aromatic carbocycles. The number of phenolic OH excluding ortho intramolecular Hbond substituents is 1. The van der Waals surface area contributed by atoms with Gasteiger partial charge in [0.2, 0.25) is 0 Å². The molecule has 1 fully saturated rings. The fourth-order valence-corrected chi connectivity index (χ4v) is 5.01. The number of rotatable bonds is 7. The van der Waals surface area contributed by atoms with E-state index in [1.807, 2.05) is 0 Å². The quantitative estimate of drug-likeness (QED) is 0.372. The zero-order valence-electron chi connectivity index (χ0n) is 21.3. The van der Waals surface area contributed by atoms with Crippen molar-refractivity contribution in [2.45, 2.75) is 38.2 Å². The average molecular weight is 565 g/mol. The monoisotopic (exact) mass is 564 g/mol. The lowest BCUT2D eigenvalue weighted by atomic mass is 10.0. The van der Waals surface area contributed by atoms with E-state index in [4.69, 9.17) is 30.5 Å². The van der Waals surface area contributed by atoms with Crippen molar-refractivity contribution < 1.29 is 37.2 Å². The molecule has 0 radical (unpaired) electrons. The first kappa shape index (κ1) is 27.4. The van der Waals surface area contributed by atoms with Gasteiger partial charge in [0.15, 0.2) is 11.5 Å². The Balaban J connectivity index is 1.49. The van der Waals surface area contributed by atoms with Crippen LogP contribution in [0.2, 0.25) is 5.02 Å².